The molecule has 0 radical (unpaired) electrons. The van der Waals surface area contributed by atoms with E-state index in [4.69, 9.17) is 4.84 Å². The number of hydrogen-bond acceptors (Lipinski definition) is 2. The minimum atomic E-state index is 0.497. The van der Waals surface area contributed by atoms with Crippen molar-refractivity contribution in [1.29, 1.82) is 0 Å². The van der Waals surface area contributed by atoms with Crippen molar-refractivity contribution in [2.24, 2.45) is 0 Å². The lowest BCUT2D eigenvalue weighted by Crippen LogP contribution is -2.24. The Labute approximate surface area is 63.9 Å². The number of hydrogen-bond donors (Lipinski definition) is 1. The largest absolute Gasteiger partial charge is 0.305 e. The summed E-state index contributed by atoms with van der Waals surface area (Å²) in [6.45, 7) is 4.35. The first-order valence-corrected chi connectivity index (χ1v) is 4.09. The van der Waals surface area contributed by atoms with Gasteiger partial charge in [0, 0.05) is 6.04 Å². The van der Waals surface area contributed by atoms with Crippen LogP contribution in [0.5, 0.6) is 0 Å². The molecule has 2 nitrogen and oxygen atoms in total. The van der Waals surface area contributed by atoms with E-state index in [1.54, 1.807) is 7.11 Å². The Balaban J connectivity index is 2.97. The third-order valence-corrected chi connectivity index (χ3v) is 1.56. The lowest BCUT2D eigenvalue weighted by Gasteiger charge is -2.10. The molecule has 1 N–H and O–H groups in total. The number of unbranched alkanes of at least 4 members (excludes halogenated alkanes) is 2. The van der Waals surface area contributed by atoms with Gasteiger partial charge in [-0.15, -0.1) is 0 Å². The van der Waals surface area contributed by atoms with Gasteiger partial charge < -0.3 is 4.84 Å². The van der Waals surface area contributed by atoms with Crippen molar-refractivity contribution in [3.05, 3.63) is 0 Å². The summed E-state index contributed by atoms with van der Waals surface area (Å²) in [4.78, 5) is 4.78. The van der Waals surface area contributed by atoms with Crippen molar-refractivity contribution in [3.8, 4) is 0 Å². The van der Waals surface area contributed by atoms with E-state index in [2.05, 4.69) is 19.3 Å². The van der Waals surface area contributed by atoms with Crippen molar-refractivity contribution < 1.29 is 4.84 Å². The van der Waals surface area contributed by atoms with E-state index in [-0.39, 0.29) is 0 Å². The molecule has 0 aromatic carbocycles. The average Bonchev–Trinajstić information content (AvgIpc) is 1.89. The van der Waals surface area contributed by atoms with Gasteiger partial charge in [0.1, 0.15) is 0 Å². The molecule has 0 aliphatic carbocycles. The van der Waals surface area contributed by atoms with Gasteiger partial charge in [-0.2, -0.15) is 0 Å². The lowest BCUT2D eigenvalue weighted by atomic mass is 10.1. The van der Waals surface area contributed by atoms with Crippen LogP contribution >= 0.6 is 0 Å². The topological polar surface area (TPSA) is 21.3 Å². The maximum absolute atomic E-state index is 4.78. The Morgan fingerprint density at radius 3 is 2.60 bits per heavy atom. The Hall–Kier alpha value is -0.0800. The Morgan fingerprint density at radius 2 is 2.10 bits per heavy atom. The first-order valence-electron chi connectivity index (χ1n) is 4.09. The van der Waals surface area contributed by atoms with Gasteiger partial charge in [-0.25, -0.2) is 5.48 Å². The van der Waals surface area contributed by atoms with Gasteiger partial charge in [-0.1, -0.05) is 26.2 Å². The molecule has 10 heavy (non-hydrogen) atoms. The molecule has 62 valence electrons. The minimum Gasteiger partial charge on any atom is -0.305 e. The number of nitrogens with one attached hydrogen (secondary N) is 1. The van der Waals surface area contributed by atoms with Gasteiger partial charge in [0.2, 0.25) is 0 Å². The van der Waals surface area contributed by atoms with E-state index < -0.39 is 0 Å². The van der Waals surface area contributed by atoms with Crippen LogP contribution in [-0.4, -0.2) is 13.2 Å². The van der Waals surface area contributed by atoms with Crippen LogP contribution < -0.4 is 5.48 Å². The maximum atomic E-state index is 4.78. The molecule has 0 bridgehead atoms. The Bertz CT molecular complexity index is 66.3. The molecule has 0 aliphatic heterocycles. The Kier molecular flexibility index (Phi) is 6.98. The zero-order valence-electron chi connectivity index (χ0n) is 7.31. The van der Waals surface area contributed by atoms with Crippen LogP contribution in [0.25, 0.3) is 0 Å². The number of hydroxylamine groups is 1. The first kappa shape index (κ1) is 9.92. The second kappa shape index (κ2) is 7.03. The zero-order valence-corrected chi connectivity index (χ0v) is 7.31. The van der Waals surface area contributed by atoms with Crippen LogP contribution in [0, 0.1) is 0 Å². The molecule has 0 saturated heterocycles. The molecule has 0 aromatic heterocycles. The normalized spacial score (nSPS) is 13.5. The summed E-state index contributed by atoms with van der Waals surface area (Å²) in [5.74, 6) is 0. The van der Waals surface area contributed by atoms with E-state index in [1.807, 2.05) is 0 Å². The molecule has 0 rings (SSSR count). The lowest BCUT2D eigenvalue weighted by molar-refractivity contribution is 0.0628. The van der Waals surface area contributed by atoms with E-state index >= 15 is 0 Å². The van der Waals surface area contributed by atoms with Crippen molar-refractivity contribution in [1.82, 2.24) is 5.48 Å². The standard InChI is InChI=1S/C8H19NO/c1-4-5-6-7-8(2)9-10-3/h8-9H,4-7H2,1-3H3. The summed E-state index contributed by atoms with van der Waals surface area (Å²) in [7, 11) is 1.66. The molecule has 0 aliphatic rings. The summed E-state index contributed by atoms with van der Waals surface area (Å²) in [6.07, 6.45) is 5.13. The molecular formula is C8H19NO. The molecular weight excluding hydrogens is 126 g/mol. The van der Waals surface area contributed by atoms with E-state index in [1.165, 1.54) is 25.7 Å². The summed E-state index contributed by atoms with van der Waals surface area (Å²) in [5, 5.41) is 0. The van der Waals surface area contributed by atoms with Crippen LogP contribution in [0.15, 0.2) is 0 Å². The van der Waals surface area contributed by atoms with E-state index in [9.17, 15) is 0 Å². The third-order valence-electron chi connectivity index (χ3n) is 1.56. The summed E-state index contributed by atoms with van der Waals surface area (Å²) < 4.78 is 0. The molecule has 0 amide bonds. The fourth-order valence-corrected chi connectivity index (χ4v) is 0.961. The Morgan fingerprint density at radius 1 is 1.40 bits per heavy atom. The van der Waals surface area contributed by atoms with Gasteiger partial charge >= 0.3 is 0 Å². The first-order chi connectivity index (χ1) is 4.81. The highest BCUT2D eigenvalue weighted by Gasteiger charge is 1.97. The van der Waals surface area contributed by atoms with Crippen LogP contribution in [0.2, 0.25) is 0 Å². The van der Waals surface area contributed by atoms with Crippen molar-refractivity contribution in [3.63, 3.8) is 0 Å². The molecule has 0 spiro atoms. The monoisotopic (exact) mass is 145 g/mol. The maximum Gasteiger partial charge on any atom is 0.0572 e. The minimum absolute atomic E-state index is 0.497. The van der Waals surface area contributed by atoms with E-state index in [0.717, 1.165) is 0 Å². The van der Waals surface area contributed by atoms with Gasteiger partial charge in [0.15, 0.2) is 0 Å². The molecule has 0 fully saturated rings. The van der Waals surface area contributed by atoms with Crippen molar-refractivity contribution in [2.75, 3.05) is 7.11 Å². The average molecular weight is 145 g/mol. The van der Waals surface area contributed by atoms with Gasteiger partial charge in [0.05, 0.1) is 7.11 Å². The highest BCUT2D eigenvalue weighted by Crippen LogP contribution is 2.01. The van der Waals surface area contributed by atoms with Crippen LogP contribution in [0.4, 0.5) is 0 Å². The molecule has 1 atom stereocenters. The predicted octanol–water partition coefficient (Wildman–Crippen LogP) is 2.11. The highest BCUT2D eigenvalue weighted by molar-refractivity contribution is 4.53. The van der Waals surface area contributed by atoms with Gasteiger partial charge in [0.25, 0.3) is 0 Å². The molecule has 0 heterocycles. The third kappa shape index (κ3) is 6.05. The van der Waals surface area contributed by atoms with Crippen molar-refractivity contribution in [2.45, 2.75) is 45.6 Å². The SMILES string of the molecule is CCCCCC(C)NOC. The fourth-order valence-electron chi connectivity index (χ4n) is 0.961. The van der Waals surface area contributed by atoms with Crippen LogP contribution in [0.1, 0.15) is 39.5 Å². The van der Waals surface area contributed by atoms with Gasteiger partial charge in [-0.05, 0) is 13.3 Å². The second-order valence-electron chi connectivity index (χ2n) is 2.72. The van der Waals surface area contributed by atoms with Crippen LogP contribution in [0.3, 0.4) is 0 Å². The van der Waals surface area contributed by atoms with Gasteiger partial charge in [-0.3, -0.25) is 0 Å². The molecule has 2 heteroatoms. The van der Waals surface area contributed by atoms with E-state index in [0.29, 0.717) is 6.04 Å². The fraction of sp³-hybridized carbons (Fsp3) is 1.00. The second-order valence-corrected chi connectivity index (χ2v) is 2.72. The summed E-state index contributed by atoms with van der Waals surface area (Å²) in [6, 6.07) is 0.497. The summed E-state index contributed by atoms with van der Waals surface area (Å²) in [5.41, 5.74) is 2.90. The molecule has 0 aromatic rings. The smallest absolute Gasteiger partial charge is 0.0572 e. The number of rotatable bonds is 6. The van der Waals surface area contributed by atoms with Crippen molar-refractivity contribution >= 4 is 0 Å². The van der Waals surface area contributed by atoms with Crippen LogP contribution in [-0.2, 0) is 4.84 Å². The highest BCUT2D eigenvalue weighted by atomic mass is 16.6. The zero-order chi connectivity index (χ0) is 7.82. The quantitative estimate of drug-likeness (QED) is 0.456. The summed E-state index contributed by atoms with van der Waals surface area (Å²) >= 11 is 0. The molecule has 1 unspecified atom stereocenters. The predicted molar refractivity (Wildman–Crippen MR) is 43.7 cm³/mol. The molecule has 0 saturated carbocycles.